The van der Waals surface area contributed by atoms with E-state index in [-0.39, 0.29) is 5.92 Å². The summed E-state index contributed by atoms with van der Waals surface area (Å²) in [6.45, 7) is 10.6. The highest BCUT2D eigenvalue weighted by Crippen LogP contribution is 2.41. The Balaban J connectivity index is 2.35. The van der Waals surface area contributed by atoms with Crippen LogP contribution in [0.4, 0.5) is 0 Å². The van der Waals surface area contributed by atoms with Crippen LogP contribution >= 0.6 is 0 Å². The summed E-state index contributed by atoms with van der Waals surface area (Å²) in [5.41, 5.74) is 5.78. The molecule has 1 saturated heterocycles. The molecule has 0 unspecified atom stereocenters. The number of piperidine rings is 1. The molecule has 29 heavy (non-hydrogen) atoms. The van der Waals surface area contributed by atoms with E-state index in [4.69, 9.17) is 5.14 Å². The van der Waals surface area contributed by atoms with Gasteiger partial charge in [-0.25, -0.2) is 4.79 Å². The number of fused-ring (bicyclic) bond motifs is 1. The zero-order valence-corrected chi connectivity index (χ0v) is 18.7. The van der Waals surface area contributed by atoms with Gasteiger partial charge in [-0.1, -0.05) is 6.92 Å². The van der Waals surface area contributed by atoms with E-state index in [1.165, 1.54) is 11.1 Å². The van der Waals surface area contributed by atoms with E-state index >= 15 is 0 Å². The Morgan fingerprint density at radius 1 is 1.21 bits per heavy atom. The van der Waals surface area contributed by atoms with E-state index in [1.807, 2.05) is 11.5 Å². The van der Waals surface area contributed by atoms with Crippen molar-refractivity contribution in [1.29, 1.82) is 0 Å². The zero-order valence-electron chi connectivity index (χ0n) is 17.9. The molecule has 0 aliphatic carbocycles. The third-order valence-corrected chi connectivity index (χ3v) is 6.66. The van der Waals surface area contributed by atoms with Crippen molar-refractivity contribution in [3.05, 3.63) is 34.0 Å². The topological polar surface area (TPSA) is 94.6 Å². The lowest BCUT2D eigenvalue weighted by molar-refractivity contribution is 0.0734. The van der Waals surface area contributed by atoms with Crippen LogP contribution in [0.15, 0.2) is 6.07 Å². The first-order valence-electron chi connectivity index (χ1n) is 10.2. The molecule has 2 aromatic rings. The Morgan fingerprint density at radius 2 is 1.83 bits per heavy atom. The van der Waals surface area contributed by atoms with Gasteiger partial charge in [0.2, 0.25) is 0 Å². The quantitative estimate of drug-likeness (QED) is 0.801. The highest BCUT2D eigenvalue weighted by Gasteiger charge is 2.33. The number of likely N-dealkylation sites (tertiary alicyclic amines) is 1. The monoisotopic (exact) mass is 421 g/mol. The lowest BCUT2D eigenvalue weighted by Crippen LogP contribution is -2.30. The smallest absolute Gasteiger partial charge is 0.335 e. The van der Waals surface area contributed by atoms with Crippen LogP contribution in [0.2, 0.25) is 0 Å². The van der Waals surface area contributed by atoms with Gasteiger partial charge in [0.15, 0.2) is 0 Å². The number of hydrogen-bond donors (Lipinski definition) is 1. The Morgan fingerprint density at radius 3 is 2.34 bits per heavy atom. The second-order valence-corrected chi connectivity index (χ2v) is 9.13. The first-order valence-corrected chi connectivity index (χ1v) is 11.7. The van der Waals surface area contributed by atoms with E-state index in [0.29, 0.717) is 12.2 Å². The summed E-state index contributed by atoms with van der Waals surface area (Å²) in [6, 6.07) is 2.13. The second kappa shape index (κ2) is 8.08. The number of nitrogens with zero attached hydrogens (tertiary/aromatic N) is 2. The molecule has 1 fully saturated rings. The fourth-order valence-corrected chi connectivity index (χ4v) is 4.95. The van der Waals surface area contributed by atoms with Crippen LogP contribution in [-0.4, -0.2) is 44.0 Å². The molecule has 1 aromatic heterocycles. The van der Waals surface area contributed by atoms with Gasteiger partial charge in [-0.05, 0) is 94.4 Å². The second-order valence-electron chi connectivity index (χ2n) is 7.98. The highest BCUT2D eigenvalue weighted by atomic mass is 32.2. The molecule has 160 valence electrons. The molecule has 3 rings (SSSR count). The summed E-state index contributed by atoms with van der Waals surface area (Å²) in [5.74, 6) is -0.732. The Hall–Kier alpha value is -1.90. The molecular formula is C21H31N3O4S. The lowest BCUT2D eigenvalue weighted by atomic mass is 9.85. The molecule has 1 aliphatic rings. The van der Waals surface area contributed by atoms with Gasteiger partial charge in [0.25, 0.3) is 0 Å². The van der Waals surface area contributed by atoms with Crippen LogP contribution in [0.1, 0.15) is 65.3 Å². The van der Waals surface area contributed by atoms with Crippen LogP contribution in [0.5, 0.6) is 0 Å². The number of benzene rings is 1. The summed E-state index contributed by atoms with van der Waals surface area (Å²) in [6.07, 6.45) is 2.70. The van der Waals surface area contributed by atoms with Crippen molar-refractivity contribution in [2.75, 3.05) is 20.1 Å². The van der Waals surface area contributed by atoms with Crippen molar-refractivity contribution in [3.63, 3.8) is 0 Å². The number of rotatable bonds is 5. The lowest BCUT2D eigenvalue weighted by Gasteiger charge is -2.29. The molecule has 0 saturated carbocycles. The van der Waals surface area contributed by atoms with Crippen molar-refractivity contribution in [3.8, 4) is 0 Å². The van der Waals surface area contributed by atoms with Gasteiger partial charge in [-0.2, -0.15) is 13.6 Å². The van der Waals surface area contributed by atoms with E-state index in [9.17, 15) is 13.2 Å². The molecule has 1 aliphatic heterocycles. The first-order chi connectivity index (χ1) is 13.6. The molecule has 8 heteroatoms. The van der Waals surface area contributed by atoms with Gasteiger partial charge >= 0.3 is 16.3 Å². The van der Waals surface area contributed by atoms with Gasteiger partial charge < -0.3 is 13.7 Å². The molecule has 0 atom stereocenters. The third kappa shape index (κ3) is 4.06. The van der Waals surface area contributed by atoms with Crippen LogP contribution in [0, 0.1) is 13.8 Å². The van der Waals surface area contributed by atoms with E-state index in [1.54, 1.807) is 0 Å². The number of carbonyl (C=O) groups excluding carboxylic acids is 1. The minimum absolute atomic E-state index is 0.162. The fourth-order valence-electron chi connectivity index (χ4n) is 4.66. The molecule has 0 spiro atoms. The predicted octanol–water partition coefficient (Wildman–Crippen LogP) is 3.01. The van der Waals surface area contributed by atoms with Gasteiger partial charge in [0.1, 0.15) is 5.69 Å². The van der Waals surface area contributed by atoms with Crippen molar-refractivity contribution >= 4 is 27.2 Å². The average Bonchev–Trinajstić information content (AvgIpc) is 2.98. The molecular weight excluding hydrogens is 390 g/mol. The predicted molar refractivity (Wildman–Crippen MR) is 114 cm³/mol. The average molecular weight is 422 g/mol. The minimum Gasteiger partial charge on any atom is -0.335 e. The fraction of sp³-hybridized carbons (Fsp3) is 0.571. The molecule has 2 heterocycles. The zero-order chi connectivity index (χ0) is 21.5. The number of aromatic nitrogens is 1. The van der Waals surface area contributed by atoms with Crippen LogP contribution < -0.4 is 5.14 Å². The number of carbonyl (C=O) groups is 1. The summed E-state index contributed by atoms with van der Waals surface area (Å²) < 4.78 is 29.5. The minimum atomic E-state index is -4.39. The number of nitrogens with two attached hydrogens (primary N) is 1. The SMILES string of the molecule is CCc1cc2c(c(C)c1C)c(C1CCN(C)CC1)c(C(=O)OS(N)(=O)=O)n2CC. The maximum absolute atomic E-state index is 13.0. The summed E-state index contributed by atoms with van der Waals surface area (Å²) >= 11 is 0. The van der Waals surface area contributed by atoms with Crippen molar-refractivity contribution in [2.24, 2.45) is 5.14 Å². The highest BCUT2D eigenvalue weighted by molar-refractivity contribution is 7.84. The van der Waals surface area contributed by atoms with Gasteiger partial charge in [-0.3, -0.25) is 0 Å². The summed E-state index contributed by atoms with van der Waals surface area (Å²) in [5, 5.41) is 6.07. The summed E-state index contributed by atoms with van der Waals surface area (Å²) in [4.78, 5) is 15.2. The van der Waals surface area contributed by atoms with Crippen molar-refractivity contribution < 1.29 is 17.4 Å². The number of hydrogen-bond acceptors (Lipinski definition) is 5. The molecule has 0 amide bonds. The van der Waals surface area contributed by atoms with E-state index < -0.39 is 16.3 Å². The van der Waals surface area contributed by atoms with Gasteiger partial charge in [0, 0.05) is 17.4 Å². The van der Waals surface area contributed by atoms with E-state index in [2.05, 4.69) is 43.0 Å². The van der Waals surface area contributed by atoms with Crippen molar-refractivity contribution in [2.45, 2.75) is 59.4 Å². The Bertz CT molecular complexity index is 1050. The van der Waals surface area contributed by atoms with Gasteiger partial charge in [-0.15, -0.1) is 0 Å². The maximum atomic E-state index is 13.0. The maximum Gasteiger partial charge on any atom is 0.382 e. The van der Waals surface area contributed by atoms with Crippen molar-refractivity contribution in [1.82, 2.24) is 9.47 Å². The van der Waals surface area contributed by atoms with E-state index in [0.717, 1.165) is 54.4 Å². The molecule has 0 bridgehead atoms. The Kier molecular flexibility index (Phi) is 6.08. The molecule has 7 nitrogen and oxygen atoms in total. The van der Waals surface area contributed by atoms with Crippen LogP contribution in [-0.2, 0) is 27.5 Å². The molecule has 0 radical (unpaired) electrons. The van der Waals surface area contributed by atoms with Crippen LogP contribution in [0.3, 0.4) is 0 Å². The molecule has 1 aromatic carbocycles. The normalized spacial score (nSPS) is 16.5. The largest absolute Gasteiger partial charge is 0.382 e. The molecule has 2 N–H and O–H groups in total. The first kappa shape index (κ1) is 21.8. The Labute approximate surface area is 173 Å². The van der Waals surface area contributed by atoms with Crippen LogP contribution in [0.25, 0.3) is 10.9 Å². The standard InChI is InChI=1S/C21H31N3O4S/c1-6-15-12-17-18(14(4)13(15)3)19(16-8-10-23(5)11-9-16)20(24(17)7-2)21(25)28-29(22,26)27/h12,16H,6-11H2,1-5H3,(H2,22,26,27). The summed E-state index contributed by atoms with van der Waals surface area (Å²) in [7, 11) is -2.30. The number of aryl methyl sites for hydroxylation is 3. The van der Waals surface area contributed by atoms with Gasteiger partial charge in [0.05, 0.1) is 0 Å². The third-order valence-electron chi connectivity index (χ3n) is 6.28.